The zero-order chi connectivity index (χ0) is 28.2. The van der Waals surface area contributed by atoms with Gasteiger partial charge in [-0.1, -0.05) is 61.4 Å². The first-order valence-electron chi connectivity index (χ1n) is 17.4. The van der Waals surface area contributed by atoms with Crippen molar-refractivity contribution in [1.82, 2.24) is 14.8 Å². The summed E-state index contributed by atoms with van der Waals surface area (Å²) in [5.74, 6) is 3.33. The summed E-state index contributed by atoms with van der Waals surface area (Å²) in [7, 11) is 0. The summed E-state index contributed by atoms with van der Waals surface area (Å²) in [6, 6.07) is 21.0. The number of nitrogens with zero attached hydrogens (tertiary/aromatic N) is 3. The largest absolute Gasteiger partial charge is 0.358 e. The summed E-state index contributed by atoms with van der Waals surface area (Å²) in [5, 5.41) is 1.45. The van der Waals surface area contributed by atoms with Crippen LogP contribution in [0.15, 0.2) is 60.2 Å². The van der Waals surface area contributed by atoms with Crippen molar-refractivity contribution in [2.75, 3.05) is 31.1 Å². The van der Waals surface area contributed by atoms with Crippen LogP contribution in [-0.2, 0) is 16.6 Å². The summed E-state index contributed by atoms with van der Waals surface area (Å²) >= 11 is 0. The van der Waals surface area contributed by atoms with Crippen molar-refractivity contribution in [3.8, 4) is 0 Å². The molecule has 8 aliphatic heterocycles. The average molecular weight is 573 g/mol. The van der Waals surface area contributed by atoms with E-state index in [1.807, 2.05) is 0 Å². The first kappa shape index (κ1) is 24.7. The van der Waals surface area contributed by atoms with E-state index in [1.54, 1.807) is 16.7 Å². The molecule has 222 valence electrons. The van der Waals surface area contributed by atoms with Crippen LogP contribution in [0, 0.1) is 29.6 Å². The Kier molecular flexibility index (Phi) is 4.80. The Morgan fingerprint density at radius 1 is 1.07 bits per heavy atom. The third kappa shape index (κ3) is 2.80. The second kappa shape index (κ2) is 8.35. The van der Waals surface area contributed by atoms with Crippen LogP contribution in [-0.4, -0.2) is 65.4 Å². The Labute approximate surface area is 255 Å². The van der Waals surface area contributed by atoms with Crippen LogP contribution in [0.2, 0.25) is 0 Å². The number of rotatable bonds is 2. The molecule has 12 atom stereocenters. The van der Waals surface area contributed by atoms with Crippen molar-refractivity contribution in [3.05, 3.63) is 77.0 Å². The van der Waals surface area contributed by atoms with Crippen LogP contribution in [0.25, 0.3) is 10.9 Å². The number of fused-ring (bicyclic) bond motifs is 8. The monoisotopic (exact) mass is 572 g/mol. The second-order valence-electron chi connectivity index (χ2n) is 15.4. The molecule has 0 amide bonds. The minimum atomic E-state index is 0.148. The van der Waals surface area contributed by atoms with Gasteiger partial charge in [-0.25, -0.2) is 0 Å². The first-order chi connectivity index (χ1) is 21.2. The predicted octanol–water partition coefficient (Wildman–Crippen LogP) is 6.26. The maximum absolute atomic E-state index is 7.41. The molecule has 3 aromatic rings. The highest BCUT2D eigenvalue weighted by Crippen LogP contribution is 2.66. The molecule has 7 fully saturated rings. The summed E-state index contributed by atoms with van der Waals surface area (Å²) in [6.45, 7) is 9.40. The van der Waals surface area contributed by atoms with E-state index in [0.717, 1.165) is 31.4 Å². The molecule has 1 N–H and O–H groups in total. The Hall–Kier alpha value is -2.60. The van der Waals surface area contributed by atoms with E-state index in [4.69, 9.17) is 4.74 Å². The van der Waals surface area contributed by atoms with Gasteiger partial charge < -0.3 is 14.6 Å². The average Bonchev–Trinajstić information content (AvgIpc) is 3.73. The van der Waals surface area contributed by atoms with Crippen molar-refractivity contribution in [1.29, 1.82) is 0 Å². The van der Waals surface area contributed by atoms with E-state index in [0.29, 0.717) is 41.9 Å². The maximum atomic E-state index is 7.41. The summed E-state index contributed by atoms with van der Waals surface area (Å²) < 4.78 is 7.41. The number of anilines is 1. The molecular weight excluding hydrogens is 528 g/mol. The van der Waals surface area contributed by atoms with Crippen LogP contribution >= 0.6 is 0 Å². The van der Waals surface area contributed by atoms with Gasteiger partial charge in [0.25, 0.3) is 0 Å². The third-order valence-electron chi connectivity index (χ3n) is 14.5. The Morgan fingerprint density at radius 3 is 2.86 bits per heavy atom. The van der Waals surface area contributed by atoms with Crippen molar-refractivity contribution < 1.29 is 4.74 Å². The van der Waals surface area contributed by atoms with Gasteiger partial charge in [0.2, 0.25) is 0 Å². The fraction of sp³-hybridized carbons (Fsp3) is 0.579. The summed E-state index contributed by atoms with van der Waals surface area (Å²) in [4.78, 5) is 12.7. The second-order valence-corrected chi connectivity index (χ2v) is 15.4. The quantitative estimate of drug-likeness (QED) is 0.368. The molecule has 12 rings (SSSR count). The fourth-order valence-corrected chi connectivity index (χ4v) is 13.0. The molecule has 5 nitrogen and oxygen atoms in total. The van der Waals surface area contributed by atoms with E-state index in [2.05, 4.69) is 88.1 Å². The number of nitrogens with one attached hydrogen (secondary N) is 1. The van der Waals surface area contributed by atoms with Crippen molar-refractivity contribution in [2.45, 2.75) is 81.8 Å². The van der Waals surface area contributed by atoms with Gasteiger partial charge in [0, 0.05) is 70.8 Å². The van der Waals surface area contributed by atoms with Gasteiger partial charge in [-0.2, -0.15) is 0 Å². The molecular formula is C38H44N4O. The topological polar surface area (TPSA) is 34.7 Å². The number of allylic oxidation sites excluding steroid dienone is 1. The van der Waals surface area contributed by atoms with Crippen LogP contribution in [0.3, 0.4) is 0 Å². The number of H-pyrrole nitrogens is 1. The van der Waals surface area contributed by atoms with E-state index >= 15 is 0 Å². The van der Waals surface area contributed by atoms with E-state index in [9.17, 15) is 0 Å². The van der Waals surface area contributed by atoms with Crippen LogP contribution in [0.4, 0.5) is 5.69 Å². The molecule has 1 saturated carbocycles. The van der Waals surface area contributed by atoms with Gasteiger partial charge in [-0.15, -0.1) is 0 Å². The molecule has 6 bridgehead atoms. The normalized spacial score (nSPS) is 45.9. The number of benzene rings is 2. The maximum Gasteiger partial charge on any atom is 0.135 e. The lowest BCUT2D eigenvalue weighted by molar-refractivity contribution is -0.157. The zero-order valence-electron chi connectivity index (χ0n) is 25.6. The Morgan fingerprint density at radius 2 is 1.95 bits per heavy atom. The molecule has 9 aliphatic rings. The van der Waals surface area contributed by atoms with E-state index < -0.39 is 0 Å². The summed E-state index contributed by atoms with van der Waals surface area (Å²) in [6.07, 6.45) is 8.98. The van der Waals surface area contributed by atoms with Crippen molar-refractivity contribution >= 4 is 16.6 Å². The Balaban J connectivity index is 1.07. The number of aromatic nitrogens is 1. The van der Waals surface area contributed by atoms with Gasteiger partial charge in [-0.05, 0) is 80.2 Å². The fourth-order valence-electron chi connectivity index (χ4n) is 13.0. The highest BCUT2D eigenvalue weighted by atomic mass is 16.5. The van der Waals surface area contributed by atoms with Gasteiger partial charge in [0.15, 0.2) is 0 Å². The molecule has 9 heterocycles. The zero-order valence-corrected chi connectivity index (χ0v) is 25.6. The third-order valence-corrected chi connectivity index (χ3v) is 14.5. The molecule has 1 spiro atoms. The standard InChI is InChI=1S/C38H44N4O/c1-3-21-18-40-14-13-38-28-10-6-8-12-30(28)42-36(38)27(24(21)17-33(38)40)20-43-37(42)34-25-15-32-35-26(23-9-5-7-11-29(23)39-35)16-31(34)41(32)19-22(25)4-2/h4-12,21,24-25,27,31-34,36-37,39H,3,13-20H2,1-2H3/b22-4-/t21-,24?,25-,27+,31+,32+,33?,34?,36+,37+,38-/m1/s1. The molecule has 5 heteroatoms. The number of hydrogen-bond acceptors (Lipinski definition) is 4. The first-order valence-corrected chi connectivity index (χ1v) is 17.4. The highest BCUT2D eigenvalue weighted by Gasteiger charge is 2.71. The van der Waals surface area contributed by atoms with Crippen molar-refractivity contribution in [2.24, 2.45) is 29.6 Å². The minimum absolute atomic E-state index is 0.148. The molecule has 0 radical (unpaired) electrons. The number of hydrogen-bond donors (Lipinski definition) is 1. The lowest BCUT2D eigenvalue weighted by Gasteiger charge is -2.65. The lowest BCUT2D eigenvalue weighted by atomic mass is 9.54. The molecule has 43 heavy (non-hydrogen) atoms. The van der Waals surface area contributed by atoms with Gasteiger partial charge in [-0.3, -0.25) is 9.80 Å². The smallest absolute Gasteiger partial charge is 0.135 e. The van der Waals surface area contributed by atoms with Gasteiger partial charge in [0.1, 0.15) is 6.23 Å². The molecule has 6 saturated heterocycles. The van der Waals surface area contributed by atoms with Gasteiger partial charge in [0.05, 0.1) is 12.6 Å². The number of ether oxygens (including phenoxy) is 1. The number of aromatic amines is 1. The van der Waals surface area contributed by atoms with Crippen LogP contribution in [0.5, 0.6) is 0 Å². The van der Waals surface area contributed by atoms with Crippen LogP contribution < -0.4 is 4.90 Å². The number of para-hydroxylation sites is 2. The lowest BCUT2D eigenvalue weighted by Crippen LogP contribution is -2.73. The summed E-state index contributed by atoms with van der Waals surface area (Å²) in [5.41, 5.74) is 9.52. The molecule has 1 aromatic heterocycles. The number of piperidine rings is 4. The van der Waals surface area contributed by atoms with E-state index in [-0.39, 0.29) is 11.6 Å². The minimum Gasteiger partial charge on any atom is -0.358 e. The molecule has 4 unspecified atom stereocenters. The predicted molar refractivity (Wildman–Crippen MR) is 170 cm³/mol. The van der Waals surface area contributed by atoms with Crippen LogP contribution in [0.1, 0.15) is 62.4 Å². The molecule has 1 aliphatic carbocycles. The van der Waals surface area contributed by atoms with Crippen molar-refractivity contribution in [3.63, 3.8) is 0 Å². The molecule has 2 aromatic carbocycles. The highest BCUT2D eigenvalue weighted by molar-refractivity contribution is 5.85. The SMILES string of the molecule is C/C=C1/CN2[C@H]3C[C@H]1C([C@@H]1OC[C@H]4C5CC6N(CC[C@@]67c6ccccc6N1[C@@H]47)C[C@H]5CC)[C@@H]2Cc1c3[nH]c2ccccc12. The van der Waals surface area contributed by atoms with E-state index in [1.165, 1.54) is 61.1 Å². The Bertz CT molecular complexity index is 1690. The van der Waals surface area contributed by atoms with Gasteiger partial charge >= 0.3 is 0 Å².